The number of amides is 1. The molecule has 1 aromatic rings. The molecule has 3 nitrogen and oxygen atoms in total. The summed E-state index contributed by atoms with van der Waals surface area (Å²) < 4.78 is 0. The molecule has 3 rings (SSSR count). The summed E-state index contributed by atoms with van der Waals surface area (Å²) in [6.45, 7) is 4.07. The van der Waals surface area contributed by atoms with Gasteiger partial charge >= 0.3 is 0 Å². The van der Waals surface area contributed by atoms with E-state index in [2.05, 4.69) is 29.2 Å². The first-order valence-corrected chi connectivity index (χ1v) is 6.94. The quantitative estimate of drug-likeness (QED) is 0.815. The second-order valence-electron chi connectivity index (χ2n) is 5.28. The van der Waals surface area contributed by atoms with Gasteiger partial charge in [-0.3, -0.25) is 4.79 Å². The Morgan fingerprint density at radius 2 is 1.67 bits per heavy atom. The Hall–Kier alpha value is -1.51. The fraction of sp³-hybridized carbons (Fsp3) is 0.533. The molecule has 2 aliphatic rings. The van der Waals surface area contributed by atoms with Crippen LogP contribution in [0.25, 0.3) is 0 Å². The largest absolute Gasteiger partial charge is 0.372 e. The maximum absolute atomic E-state index is 11.6. The van der Waals surface area contributed by atoms with Crippen LogP contribution in [0, 0.1) is 0 Å². The lowest BCUT2D eigenvalue weighted by molar-refractivity contribution is -0.128. The molecule has 1 amide bonds. The SMILES string of the molecule is O=C1CCCN1Cc1ccc(N2CCCC2)cc1. The van der Waals surface area contributed by atoms with Crippen molar-refractivity contribution in [2.24, 2.45) is 0 Å². The highest BCUT2D eigenvalue weighted by Crippen LogP contribution is 2.21. The van der Waals surface area contributed by atoms with Gasteiger partial charge in [-0.2, -0.15) is 0 Å². The zero-order valence-electron chi connectivity index (χ0n) is 10.8. The second-order valence-corrected chi connectivity index (χ2v) is 5.28. The first-order valence-electron chi connectivity index (χ1n) is 6.94. The molecule has 0 radical (unpaired) electrons. The topological polar surface area (TPSA) is 23.6 Å². The van der Waals surface area contributed by atoms with Gasteiger partial charge in [0.1, 0.15) is 0 Å². The van der Waals surface area contributed by atoms with E-state index in [9.17, 15) is 4.79 Å². The van der Waals surface area contributed by atoms with Gasteiger partial charge < -0.3 is 9.80 Å². The zero-order valence-corrected chi connectivity index (χ0v) is 10.8. The highest BCUT2D eigenvalue weighted by molar-refractivity contribution is 5.78. The minimum Gasteiger partial charge on any atom is -0.372 e. The number of anilines is 1. The maximum atomic E-state index is 11.6. The minimum absolute atomic E-state index is 0.304. The summed E-state index contributed by atoms with van der Waals surface area (Å²) in [7, 11) is 0. The van der Waals surface area contributed by atoms with Gasteiger partial charge in [-0.1, -0.05) is 12.1 Å². The van der Waals surface area contributed by atoms with Gasteiger partial charge in [0.2, 0.25) is 5.91 Å². The number of hydrogen-bond donors (Lipinski definition) is 0. The molecule has 2 heterocycles. The number of carbonyl (C=O) groups is 1. The molecule has 0 N–H and O–H groups in total. The molecule has 2 aliphatic heterocycles. The van der Waals surface area contributed by atoms with E-state index in [1.165, 1.54) is 37.2 Å². The van der Waals surface area contributed by atoms with E-state index in [0.717, 1.165) is 25.9 Å². The Labute approximate surface area is 108 Å². The van der Waals surface area contributed by atoms with Crippen molar-refractivity contribution in [2.45, 2.75) is 32.2 Å². The number of carbonyl (C=O) groups excluding carboxylic acids is 1. The van der Waals surface area contributed by atoms with Crippen molar-refractivity contribution >= 4 is 11.6 Å². The number of nitrogens with zero attached hydrogens (tertiary/aromatic N) is 2. The van der Waals surface area contributed by atoms with Crippen LogP contribution in [0.15, 0.2) is 24.3 Å². The van der Waals surface area contributed by atoms with Crippen molar-refractivity contribution in [1.29, 1.82) is 0 Å². The number of benzene rings is 1. The number of rotatable bonds is 3. The summed E-state index contributed by atoms with van der Waals surface area (Å²) in [6, 6.07) is 8.72. The lowest BCUT2D eigenvalue weighted by atomic mass is 10.2. The van der Waals surface area contributed by atoms with Gasteiger partial charge in [0.25, 0.3) is 0 Å². The lowest BCUT2D eigenvalue weighted by Gasteiger charge is -2.19. The first kappa shape index (κ1) is 11.6. The van der Waals surface area contributed by atoms with Crippen molar-refractivity contribution in [3.8, 4) is 0 Å². The Morgan fingerprint density at radius 1 is 0.944 bits per heavy atom. The molecule has 0 unspecified atom stereocenters. The molecular formula is C15H20N2O. The summed E-state index contributed by atoms with van der Waals surface area (Å²) in [5, 5.41) is 0. The third-order valence-corrected chi connectivity index (χ3v) is 3.95. The fourth-order valence-electron chi connectivity index (χ4n) is 2.88. The molecule has 0 saturated carbocycles. The van der Waals surface area contributed by atoms with Crippen LogP contribution in [-0.2, 0) is 11.3 Å². The van der Waals surface area contributed by atoms with Crippen LogP contribution in [0.4, 0.5) is 5.69 Å². The molecule has 3 heteroatoms. The average Bonchev–Trinajstić information content (AvgIpc) is 3.03. The smallest absolute Gasteiger partial charge is 0.222 e. The van der Waals surface area contributed by atoms with Crippen LogP contribution in [0.5, 0.6) is 0 Å². The summed E-state index contributed by atoms with van der Waals surface area (Å²) in [6.07, 6.45) is 4.37. The van der Waals surface area contributed by atoms with Crippen LogP contribution in [0.3, 0.4) is 0 Å². The summed E-state index contributed by atoms with van der Waals surface area (Å²) >= 11 is 0. The Morgan fingerprint density at radius 3 is 2.28 bits per heavy atom. The predicted octanol–water partition coefficient (Wildman–Crippen LogP) is 2.41. The van der Waals surface area contributed by atoms with Crippen LogP contribution < -0.4 is 4.90 Å². The monoisotopic (exact) mass is 244 g/mol. The highest BCUT2D eigenvalue weighted by atomic mass is 16.2. The minimum atomic E-state index is 0.304. The van der Waals surface area contributed by atoms with E-state index in [1.807, 2.05) is 4.90 Å². The first-order chi connectivity index (χ1) is 8.83. The molecular weight excluding hydrogens is 224 g/mol. The van der Waals surface area contributed by atoms with Gasteiger partial charge in [0.15, 0.2) is 0 Å². The molecule has 18 heavy (non-hydrogen) atoms. The average molecular weight is 244 g/mol. The van der Waals surface area contributed by atoms with Crippen molar-refractivity contribution in [3.63, 3.8) is 0 Å². The Balaban J connectivity index is 1.65. The van der Waals surface area contributed by atoms with E-state index in [-0.39, 0.29) is 0 Å². The van der Waals surface area contributed by atoms with Crippen LogP contribution in [-0.4, -0.2) is 30.4 Å². The summed E-state index contributed by atoms with van der Waals surface area (Å²) in [5.74, 6) is 0.304. The Kier molecular flexibility index (Phi) is 3.22. The highest BCUT2D eigenvalue weighted by Gasteiger charge is 2.20. The third-order valence-electron chi connectivity index (χ3n) is 3.95. The molecule has 96 valence electrons. The Bertz CT molecular complexity index is 421. The van der Waals surface area contributed by atoms with Crippen molar-refractivity contribution in [2.75, 3.05) is 24.5 Å². The number of hydrogen-bond acceptors (Lipinski definition) is 2. The van der Waals surface area contributed by atoms with Crippen LogP contribution >= 0.6 is 0 Å². The molecule has 1 aromatic carbocycles. The summed E-state index contributed by atoms with van der Waals surface area (Å²) in [5.41, 5.74) is 2.57. The third kappa shape index (κ3) is 2.35. The van der Waals surface area contributed by atoms with Gasteiger partial charge in [-0.05, 0) is 37.0 Å². The van der Waals surface area contributed by atoms with Gasteiger partial charge in [0, 0.05) is 38.3 Å². The van der Waals surface area contributed by atoms with Crippen LogP contribution in [0.2, 0.25) is 0 Å². The lowest BCUT2D eigenvalue weighted by Crippen LogP contribution is -2.23. The van der Waals surface area contributed by atoms with Gasteiger partial charge in [-0.15, -0.1) is 0 Å². The predicted molar refractivity (Wildman–Crippen MR) is 72.5 cm³/mol. The van der Waals surface area contributed by atoms with Crippen molar-refractivity contribution < 1.29 is 4.79 Å². The zero-order chi connectivity index (χ0) is 12.4. The second kappa shape index (κ2) is 5.01. The molecule has 0 bridgehead atoms. The molecule has 2 fully saturated rings. The van der Waals surface area contributed by atoms with E-state index < -0.39 is 0 Å². The van der Waals surface area contributed by atoms with E-state index in [1.54, 1.807) is 0 Å². The summed E-state index contributed by atoms with van der Waals surface area (Å²) in [4.78, 5) is 16.0. The fourth-order valence-corrected chi connectivity index (χ4v) is 2.88. The maximum Gasteiger partial charge on any atom is 0.222 e. The molecule has 0 atom stereocenters. The normalized spacial score (nSPS) is 19.9. The molecule has 0 aliphatic carbocycles. The van der Waals surface area contributed by atoms with Crippen molar-refractivity contribution in [3.05, 3.63) is 29.8 Å². The molecule has 0 spiro atoms. The van der Waals surface area contributed by atoms with Gasteiger partial charge in [0.05, 0.1) is 0 Å². The van der Waals surface area contributed by atoms with E-state index in [4.69, 9.17) is 0 Å². The number of likely N-dealkylation sites (tertiary alicyclic amines) is 1. The van der Waals surface area contributed by atoms with E-state index >= 15 is 0 Å². The van der Waals surface area contributed by atoms with Gasteiger partial charge in [-0.25, -0.2) is 0 Å². The molecule has 2 saturated heterocycles. The standard InChI is InChI=1S/C15H20N2O/c18-15-4-3-11-17(15)12-13-5-7-14(8-6-13)16-9-1-2-10-16/h5-8H,1-4,9-12H2. The van der Waals surface area contributed by atoms with Crippen molar-refractivity contribution in [1.82, 2.24) is 4.90 Å². The molecule has 0 aromatic heterocycles. The van der Waals surface area contributed by atoms with Crippen LogP contribution in [0.1, 0.15) is 31.2 Å². The van der Waals surface area contributed by atoms with E-state index in [0.29, 0.717) is 5.91 Å².